The summed E-state index contributed by atoms with van der Waals surface area (Å²) in [6, 6.07) is 14.6. The van der Waals surface area contributed by atoms with E-state index in [9.17, 15) is 9.59 Å². The van der Waals surface area contributed by atoms with Crippen molar-refractivity contribution in [2.75, 3.05) is 7.11 Å². The molecule has 3 rings (SSSR count). The van der Waals surface area contributed by atoms with E-state index in [2.05, 4.69) is 5.32 Å². The monoisotopic (exact) mass is 442 g/mol. The van der Waals surface area contributed by atoms with Crippen molar-refractivity contribution in [2.45, 2.75) is 64.1 Å². The van der Waals surface area contributed by atoms with Gasteiger partial charge in [0.2, 0.25) is 11.8 Å². The van der Waals surface area contributed by atoms with E-state index in [1.807, 2.05) is 49.4 Å². The van der Waals surface area contributed by atoms with E-state index < -0.39 is 6.04 Å². The highest BCUT2D eigenvalue weighted by Crippen LogP contribution is 2.22. The van der Waals surface area contributed by atoms with E-state index in [0.29, 0.717) is 18.0 Å². The van der Waals surface area contributed by atoms with E-state index in [4.69, 9.17) is 16.3 Å². The van der Waals surface area contributed by atoms with Crippen LogP contribution in [0.1, 0.15) is 50.2 Å². The van der Waals surface area contributed by atoms with Crippen molar-refractivity contribution in [2.24, 2.45) is 0 Å². The van der Waals surface area contributed by atoms with Crippen molar-refractivity contribution >= 4 is 23.4 Å². The Morgan fingerprint density at radius 2 is 1.81 bits per heavy atom. The number of amides is 2. The number of carbonyl (C=O) groups is 2. The summed E-state index contributed by atoms with van der Waals surface area (Å²) in [7, 11) is 1.62. The van der Waals surface area contributed by atoms with Crippen LogP contribution in [0.25, 0.3) is 0 Å². The molecule has 1 N–H and O–H groups in total. The Kier molecular flexibility index (Phi) is 8.35. The van der Waals surface area contributed by atoms with Crippen LogP contribution in [0.4, 0.5) is 0 Å². The van der Waals surface area contributed by atoms with Gasteiger partial charge in [0.15, 0.2) is 0 Å². The standard InChI is InChI=1S/C25H31ClN2O3/c1-3-23(25(30)27-20-9-5-6-10-20)28(17-18-12-14-21(31-2)15-13-18)24(29)16-19-8-4-7-11-22(19)26/h4,7-8,11-15,20,23H,3,5-6,9-10,16-17H2,1-2H3,(H,27,30)/t23-/m0/s1. The molecule has 5 nitrogen and oxygen atoms in total. The molecule has 0 radical (unpaired) electrons. The maximum atomic E-state index is 13.4. The molecule has 2 aromatic carbocycles. The van der Waals surface area contributed by atoms with Crippen LogP contribution in [-0.4, -0.2) is 35.9 Å². The summed E-state index contributed by atoms with van der Waals surface area (Å²) in [6.07, 6.45) is 5.00. The lowest BCUT2D eigenvalue weighted by Crippen LogP contribution is -2.51. The number of carbonyl (C=O) groups excluding carboxylic acids is 2. The van der Waals surface area contributed by atoms with Crippen LogP contribution in [0, 0.1) is 0 Å². The third-order valence-electron chi connectivity index (χ3n) is 5.90. The van der Waals surface area contributed by atoms with Gasteiger partial charge >= 0.3 is 0 Å². The second kappa shape index (κ2) is 11.2. The largest absolute Gasteiger partial charge is 0.497 e. The number of nitrogens with one attached hydrogen (secondary N) is 1. The molecule has 1 saturated carbocycles. The van der Waals surface area contributed by atoms with E-state index in [-0.39, 0.29) is 24.3 Å². The van der Waals surface area contributed by atoms with Gasteiger partial charge in [-0.05, 0) is 48.6 Å². The highest BCUT2D eigenvalue weighted by molar-refractivity contribution is 6.31. The zero-order valence-electron chi connectivity index (χ0n) is 18.3. The molecule has 1 atom stereocenters. The highest BCUT2D eigenvalue weighted by Gasteiger charge is 2.30. The third kappa shape index (κ3) is 6.23. The lowest BCUT2D eigenvalue weighted by atomic mass is 10.1. The average molecular weight is 443 g/mol. The summed E-state index contributed by atoms with van der Waals surface area (Å²) in [5.41, 5.74) is 1.71. The summed E-state index contributed by atoms with van der Waals surface area (Å²) < 4.78 is 5.24. The maximum Gasteiger partial charge on any atom is 0.243 e. The molecule has 0 aromatic heterocycles. The summed E-state index contributed by atoms with van der Waals surface area (Å²) >= 11 is 6.29. The van der Waals surface area contributed by atoms with Crippen LogP contribution in [0.2, 0.25) is 5.02 Å². The molecule has 6 heteroatoms. The predicted molar refractivity (Wildman–Crippen MR) is 123 cm³/mol. The molecule has 0 unspecified atom stereocenters. The van der Waals surface area contributed by atoms with Gasteiger partial charge in [-0.3, -0.25) is 9.59 Å². The first kappa shape index (κ1) is 23.1. The van der Waals surface area contributed by atoms with Gasteiger partial charge in [0.25, 0.3) is 0 Å². The Balaban J connectivity index is 1.82. The van der Waals surface area contributed by atoms with E-state index in [1.165, 1.54) is 0 Å². The molecule has 31 heavy (non-hydrogen) atoms. The Morgan fingerprint density at radius 3 is 2.42 bits per heavy atom. The van der Waals surface area contributed by atoms with Crippen LogP contribution in [0.3, 0.4) is 0 Å². The fourth-order valence-corrected chi connectivity index (χ4v) is 4.32. The van der Waals surface area contributed by atoms with Crippen molar-refractivity contribution in [3.63, 3.8) is 0 Å². The molecule has 1 fully saturated rings. The Labute approximate surface area is 189 Å². The minimum Gasteiger partial charge on any atom is -0.497 e. The van der Waals surface area contributed by atoms with Gasteiger partial charge < -0.3 is 15.0 Å². The molecule has 166 valence electrons. The SMILES string of the molecule is CC[C@@H](C(=O)NC1CCCC1)N(Cc1ccc(OC)cc1)C(=O)Cc1ccccc1Cl. The first-order valence-corrected chi connectivity index (χ1v) is 11.4. The van der Waals surface area contributed by atoms with Crippen molar-refractivity contribution in [1.82, 2.24) is 10.2 Å². The number of rotatable bonds is 9. The minimum atomic E-state index is -0.530. The number of ether oxygens (including phenoxy) is 1. The van der Waals surface area contributed by atoms with Crippen LogP contribution >= 0.6 is 11.6 Å². The van der Waals surface area contributed by atoms with Crippen LogP contribution < -0.4 is 10.1 Å². The molecular weight excluding hydrogens is 412 g/mol. The van der Waals surface area contributed by atoms with E-state index in [1.54, 1.807) is 18.1 Å². The number of benzene rings is 2. The van der Waals surface area contributed by atoms with Gasteiger partial charge in [-0.25, -0.2) is 0 Å². The fourth-order valence-electron chi connectivity index (χ4n) is 4.12. The van der Waals surface area contributed by atoms with Crippen molar-refractivity contribution in [3.05, 3.63) is 64.7 Å². The third-order valence-corrected chi connectivity index (χ3v) is 6.27. The van der Waals surface area contributed by atoms with Gasteiger partial charge in [0, 0.05) is 17.6 Å². The first-order valence-electron chi connectivity index (χ1n) is 11.0. The number of halogens is 1. The number of nitrogens with zero attached hydrogens (tertiary/aromatic N) is 1. The predicted octanol–water partition coefficient (Wildman–Crippen LogP) is 4.76. The van der Waals surface area contributed by atoms with Gasteiger partial charge in [-0.15, -0.1) is 0 Å². The van der Waals surface area contributed by atoms with Crippen LogP contribution in [0.15, 0.2) is 48.5 Å². The topological polar surface area (TPSA) is 58.6 Å². The van der Waals surface area contributed by atoms with Crippen LogP contribution in [-0.2, 0) is 22.6 Å². The number of hydrogen-bond donors (Lipinski definition) is 1. The summed E-state index contributed by atoms with van der Waals surface area (Å²) in [4.78, 5) is 28.2. The van der Waals surface area contributed by atoms with Crippen LogP contribution in [0.5, 0.6) is 5.75 Å². The molecule has 1 aliphatic rings. The number of methoxy groups -OCH3 is 1. The zero-order chi connectivity index (χ0) is 22.2. The Bertz CT molecular complexity index is 879. The van der Waals surface area contributed by atoms with E-state index in [0.717, 1.165) is 42.6 Å². The van der Waals surface area contributed by atoms with Gasteiger partial charge in [0.05, 0.1) is 13.5 Å². The smallest absolute Gasteiger partial charge is 0.243 e. The summed E-state index contributed by atoms with van der Waals surface area (Å²) in [5.74, 6) is 0.566. The fraction of sp³-hybridized carbons (Fsp3) is 0.440. The normalized spacial score (nSPS) is 14.8. The molecular formula is C25H31ClN2O3. The molecule has 0 aliphatic heterocycles. The van der Waals surface area contributed by atoms with Crippen molar-refractivity contribution < 1.29 is 14.3 Å². The lowest BCUT2D eigenvalue weighted by molar-refractivity contribution is -0.141. The quantitative estimate of drug-likeness (QED) is 0.609. The Hall–Kier alpha value is -2.53. The second-order valence-corrected chi connectivity index (χ2v) is 8.46. The minimum absolute atomic E-state index is 0.0737. The molecule has 2 aromatic rings. The van der Waals surface area contributed by atoms with Gasteiger partial charge in [0.1, 0.15) is 11.8 Å². The van der Waals surface area contributed by atoms with E-state index >= 15 is 0 Å². The molecule has 2 amide bonds. The van der Waals surface area contributed by atoms with Gasteiger partial charge in [-0.2, -0.15) is 0 Å². The summed E-state index contributed by atoms with van der Waals surface area (Å²) in [6.45, 7) is 2.30. The molecule has 0 heterocycles. The first-order chi connectivity index (χ1) is 15.0. The molecule has 0 saturated heterocycles. The lowest BCUT2D eigenvalue weighted by Gasteiger charge is -2.31. The molecule has 0 spiro atoms. The summed E-state index contributed by atoms with van der Waals surface area (Å²) in [5, 5.41) is 3.72. The number of hydrogen-bond acceptors (Lipinski definition) is 3. The van der Waals surface area contributed by atoms with Gasteiger partial charge in [-0.1, -0.05) is 61.7 Å². The van der Waals surface area contributed by atoms with Crippen molar-refractivity contribution in [3.8, 4) is 5.75 Å². The van der Waals surface area contributed by atoms with Crippen molar-refractivity contribution in [1.29, 1.82) is 0 Å². The Morgan fingerprint density at radius 1 is 1.13 bits per heavy atom. The molecule has 1 aliphatic carbocycles. The second-order valence-electron chi connectivity index (χ2n) is 8.05. The maximum absolute atomic E-state index is 13.4. The average Bonchev–Trinajstić information content (AvgIpc) is 3.28. The zero-order valence-corrected chi connectivity index (χ0v) is 19.0. The molecule has 0 bridgehead atoms. The highest BCUT2D eigenvalue weighted by atomic mass is 35.5.